The quantitative estimate of drug-likeness (QED) is 0.844. The molecule has 1 saturated heterocycles. The number of hydrogen-bond acceptors (Lipinski definition) is 4. The molecule has 1 unspecified atom stereocenters. The van der Waals surface area contributed by atoms with Gasteiger partial charge in [-0.1, -0.05) is 19.1 Å². The second-order valence-corrected chi connectivity index (χ2v) is 6.14. The number of para-hydroxylation sites is 2. The van der Waals surface area contributed by atoms with Crippen molar-refractivity contribution in [2.24, 2.45) is 0 Å². The molecule has 128 valence electrons. The smallest absolute Gasteiger partial charge is 0.268 e. The lowest BCUT2D eigenvalue weighted by atomic mass is 10.1. The van der Waals surface area contributed by atoms with Gasteiger partial charge in [-0.15, -0.1) is 0 Å². The molecule has 0 radical (unpaired) electrons. The van der Waals surface area contributed by atoms with Gasteiger partial charge in [-0.3, -0.25) is 14.4 Å². The van der Waals surface area contributed by atoms with Gasteiger partial charge in [0.15, 0.2) is 6.10 Å². The SMILES string of the molecule is CCC1Oc2ccccc2N(CCC(=O)N2CCC(=O)CC2)C1=O. The van der Waals surface area contributed by atoms with Crippen LogP contribution in [0.15, 0.2) is 24.3 Å². The van der Waals surface area contributed by atoms with Crippen LogP contribution in [0.4, 0.5) is 5.69 Å². The van der Waals surface area contributed by atoms with E-state index in [0.29, 0.717) is 50.3 Å². The van der Waals surface area contributed by atoms with Crippen LogP contribution >= 0.6 is 0 Å². The lowest BCUT2D eigenvalue weighted by molar-refractivity contribution is -0.134. The van der Waals surface area contributed by atoms with E-state index in [4.69, 9.17) is 4.74 Å². The molecule has 1 atom stereocenters. The second-order valence-electron chi connectivity index (χ2n) is 6.14. The maximum Gasteiger partial charge on any atom is 0.268 e. The molecule has 6 heteroatoms. The van der Waals surface area contributed by atoms with Crippen molar-refractivity contribution in [2.45, 2.75) is 38.7 Å². The molecule has 1 fully saturated rings. The summed E-state index contributed by atoms with van der Waals surface area (Å²) in [5.74, 6) is 0.784. The fourth-order valence-corrected chi connectivity index (χ4v) is 3.14. The minimum Gasteiger partial charge on any atom is -0.478 e. The van der Waals surface area contributed by atoms with Crippen LogP contribution in [0.25, 0.3) is 0 Å². The number of Topliss-reactive ketones (excluding diaryl/α,β-unsaturated/α-hetero) is 1. The number of fused-ring (bicyclic) bond motifs is 1. The number of likely N-dealkylation sites (tertiary alicyclic amines) is 1. The Labute approximate surface area is 141 Å². The number of amides is 2. The Kier molecular flexibility index (Phi) is 4.83. The Morgan fingerprint density at radius 3 is 2.62 bits per heavy atom. The molecule has 1 aromatic rings. The van der Waals surface area contributed by atoms with Gasteiger partial charge in [0.05, 0.1) is 5.69 Å². The van der Waals surface area contributed by atoms with Crippen molar-refractivity contribution in [1.29, 1.82) is 0 Å². The van der Waals surface area contributed by atoms with Crippen LogP contribution in [-0.4, -0.2) is 48.2 Å². The molecule has 2 aliphatic rings. The zero-order chi connectivity index (χ0) is 17.1. The summed E-state index contributed by atoms with van der Waals surface area (Å²) in [6, 6.07) is 7.40. The Bertz CT molecular complexity index is 648. The molecule has 6 nitrogen and oxygen atoms in total. The van der Waals surface area contributed by atoms with Crippen molar-refractivity contribution in [1.82, 2.24) is 4.90 Å². The van der Waals surface area contributed by atoms with E-state index in [1.54, 1.807) is 9.80 Å². The molecule has 1 aromatic carbocycles. The van der Waals surface area contributed by atoms with Crippen molar-refractivity contribution < 1.29 is 19.1 Å². The van der Waals surface area contributed by atoms with Gasteiger partial charge < -0.3 is 14.5 Å². The van der Waals surface area contributed by atoms with Crippen LogP contribution in [0.2, 0.25) is 0 Å². The van der Waals surface area contributed by atoms with Crippen molar-refractivity contribution in [3.8, 4) is 5.75 Å². The molecule has 0 saturated carbocycles. The van der Waals surface area contributed by atoms with Gasteiger partial charge in [-0.05, 0) is 18.6 Å². The molecule has 3 rings (SSSR count). The Hall–Kier alpha value is -2.37. The molecular formula is C18H22N2O4. The number of hydrogen-bond donors (Lipinski definition) is 0. The predicted octanol–water partition coefficient (Wildman–Crippen LogP) is 1.77. The van der Waals surface area contributed by atoms with E-state index >= 15 is 0 Å². The summed E-state index contributed by atoms with van der Waals surface area (Å²) >= 11 is 0. The number of nitrogens with zero attached hydrogens (tertiary/aromatic N) is 2. The van der Waals surface area contributed by atoms with Crippen molar-refractivity contribution in [2.75, 3.05) is 24.5 Å². The molecule has 24 heavy (non-hydrogen) atoms. The highest BCUT2D eigenvalue weighted by molar-refractivity contribution is 6.00. The van der Waals surface area contributed by atoms with Crippen LogP contribution in [0.3, 0.4) is 0 Å². The Morgan fingerprint density at radius 1 is 1.21 bits per heavy atom. The van der Waals surface area contributed by atoms with E-state index in [-0.39, 0.29) is 24.0 Å². The largest absolute Gasteiger partial charge is 0.478 e. The normalized spacial score (nSPS) is 20.6. The van der Waals surface area contributed by atoms with Crippen molar-refractivity contribution in [3.05, 3.63) is 24.3 Å². The number of rotatable bonds is 4. The van der Waals surface area contributed by atoms with E-state index < -0.39 is 6.10 Å². The average molecular weight is 330 g/mol. The average Bonchev–Trinajstić information content (AvgIpc) is 2.61. The summed E-state index contributed by atoms with van der Waals surface area (Å²) in [5, 5.41) is 0. The van der Waals surface area contributed by atoms with Crippen molar-refractivity contribution in [3.63, 3.8) is 0 Å². The molecule has 0 aliphatic carbocycles. The van der Waals surface area contributed by atoms with Crippen LogP contribution in [0, 0.1) is 0 Å². The number of carbonyl (C=O) groups is 3. The minimum atomic E-state index is -0.498. The van der Waals surface area contributed by atoms with Crippen LogP contribution < -0.4 is 9.64 Å². The van der Waals surface area contributed by atoms with E-state index in [1.165, 1.54) is 0 Å². The topological polar surface area (TPSA) is 66.9 Å². The minimum absolute atomic E-state index is 0.00711. The summed E-state index contributed by atoms with van der Waals surface area (Å²) in [6.45, 7) is 3.22. The zero-order valence-electron chi connectivity index (χ0n) is 13.9. The van der Waals surface area contributed by atoms with Crippen molar-refractivity contribution >= 4 is 23.3 Å². The molecule has 2 heterocycles. The lowest BCUT2D eigenvalue weighted by Gasteiger charge is -2.34. The third-order valence-electron chi connectivity index (χ3n) is 4.56. The fraction of sp³-hybridized carbons (Fsp3) is 0.500. The summed E-state index contributed by atoms with van der Waals surface area (Å²) < 4.78 is 5.73. The summed E-state index contributed by atoms with van der Waals surface area (Å²) in [6.07, 6.45) is 1.21. The highest BCUT2D eigenvalue weighted by Crippen LogP contribution is 2.34. The molecule has 0 bridgehead atoms. The van der Waals surface area contributed by atoms with Gasteiger partial charge in [0.1, 0.15) is 11.5 Å². The molecule has 0 spiro atoms. The van der Waals surface area contributed by atoms with E-state index in [1.807, 2.05) is 31.2 Å². The fourth-order valence-electron chi connectivity index (χ4n) is 3.14. The van der Waals surface area contributed by atoms with Gasteiger partial charge in [-0.2, -0.15) is 0 Å². The van der Waals surface area contributed by atoms with Crippen LogP contribution in [0.5, 0.6) is 5.75 Å². The highest BCUT2D eigenvalue weighted by atomic mass is 16.5. The van der Waals surface area contributed by atoms with Gasteiger partial charge >= 0.3 is 0 Å². The number of ketones is 1. The Balaban J connectivity index is 1.68. The van der Waals surface area contributed by atoms with Crippen LogP contribution in [-0.2, 0) is 14.4 Å². The molecule has 0 aromatic heterocycles. The first-order valence-electron chi connectivity index (χ1n) is 8.46. The van der Waals surface area contributed by atoms with Gasteiger partial charge in [-0.25, -0.2) is 0 Å². The van der Waals surface area contributed by atoms with Gasteiger partial charge in [0, 0.05) is 38.9 Å². The summed E-state index contributed by atoms with van der Waals surface area (Å²) in [5.41, 5.74) is 0.717. The predicted molar refractivity (Wildman–Crippen MR) is 88.9 cm³/mol. The lowest BCUT2D eigenvalue weighted by Crippen LogP contribution is -2.47. The summed E-state index contributed by atoms with van der Waals surface area (Å²) in [7, 11) is 0. The van der Waals surface area contributed by atoms with Gasteiger partial charge in [0.25, 0.3) is 5.91 Å². The first-order chi connectivity index (χ1) is 11.6. The maximum atomic E-state index is 12.6. The number of carbonyl (C=O) groups excluding carboxylic acids is 3. The van der Waals surface area contributed by atoms with Gasteiger partial charge in [0.2, 0.25) is 5.91 Å². The number of anilines is 1. The van der Waals surface area contributed by atoms with E-state index in [9.17, 15) is 14.4 Å². The molecule has 0 N–H and O–H groups in total. The number of piperidine rings is 1. The number of ether oxygens (including phenoxy) is 1. The number of benzene rings is 1. The first kappa shape index (κ1) is 16.5. The molecule has 2 amide bonds. The molecular weight excluding hydrogens is 308 g/mol. The monoisotopic (exact) mass is 330 g/mol. The third kappa shape index (κ3) is 3.27. The zero-order valence-corrected chi connectivity index (χ0v) is 13.9. The maximum absolute atomic E-state index is 12.6. The summed E-state index contributed by atoms with van der Waals surface area (Å²) in [4.78, 5) is 39.6. The third-order valence-corrected chi connectivity index (χ3v) is 4.56. The Morgan fingerprint density at radius 2 is 1.92 bits per heavy atom. The molecule has 2 aliphatic heterocycles. The van der Waals surface area contributed by atoms with E-state index in [2.05, 4.69) is 0 Å². The van der Waals surface area contributed by atoms with E-state index in [0.717, 1.165) is 0 Å². The standard InChI is InChI=1S/C18H22N2O4/c1-2-15-18(23)20(14-5-3-4-6-16(14)24-15)12-9-17(22)19-10-7-13(21)8-11-19/h3-6,15H,2,7-12H2,1H3. The first-order valence-corrected chi connectivity index (χ1v) is 8.46. The highest BCUT2D eigenvalue weighted by Gasteiger charge is 2.33. The second kappa shape index (κ2) is 7.03. The van der Waals surface area contributed by atoms with Crippen LogP contribution in [0.1, 0.15) is 32.6 Å².